The molecule has 0 N–H and O–H groups in total. The summed E-state index contributed by atoms with van der Waals surface area (Å²) >= 11 is 0. The van der Waals surface area contributed by atoms with E-state index in [0.717, 1.165) is 33.9 Å². The maximum absolute atomic E-state index is 14.4. The van der Waals surface area contributed by atoms with Crippen molar-refractivity contribution in [3.8, 4) is 11.5 Å². The van der Waals surface area contributed by atoms with Crippen molar-refractivity contribution in [2.75, 3.05) is 58.6 Å². The number of benzene rings is 4. The highest BCUT2D eigenvalue weighted by molar-refractivity contribution is 8.76. The van der Waals surface area contributed by atoms with Gasteiger partial charge in [-0.3, -0.25) is 19.3 Å². The molecule has 15 heteroatoms. The first-order valence-corrected chi connectivity index (χ1v) is 25.3. The van der Waals surface area contributed by atoms with Gasteiger partial charge in [-0.05, 0) is 93.6 Å². The van der Waals surface area contributed by atoms with Crippen LogP contribution in [0.1, 0.15) is 84.4 Å². The first-order valence-electron chi connectivity index (χ1n) is 21.7. The van der Waals surface area contributed by atoms with Gasteiger partial charge in [0.25, 0.3) is 20.3 Å². The van der Waals surface area contributed by atoms with E-state index in [1.165, 1.54) is 4.90 Å². The third kappa shape index (κ3) is 11.7. The lowest BCUT2D eigenvalue weighted by atomic mass is 9.80. The zero-order chi connectivity index (χ0) is 45.6. The highest BCUT2D eigenvalue weighted by Crippen LogP contribution is 2.49. The first-order chi connectivity index (χ1) is 31.0. The second-order valence-electron chi connectivity index (χ2n) is 16.1. The summed E-state index contributed by atoms with van der Waals surface area (Å²) in [5.41, 5.74) is 2.55. The summed E-state index contributed by atoms with van der Waals surface area (Å²) in [7, 11) is 4.98. The number of carbonyl (C=O) groups is 3. The van der Waals surface area contributed by atoms with Crippen molar-refractivity contribution in [1.82, 2.24) is 14.5 Å². The number of methoxy groups -OCH3 is 2. The Morgan fingerprint density at radius 1 is 0.812 bits per heavy atom. The molecule has 1 fully saturated rings. The summed E-state index contributed by atoms with van der Waals surface area (Å²) in [6.45, 7) is 17.2. The van der Waals surface area contributed by atoms with Crippen molar-refractivity contribution in [2.45, 2.75) is 76.8 Å². The van der Waals surface area contributed by atoms with Gasteiger partial charge in [-0.25, -0.2) is 11.2 Å². The maximum Gasteiger partial charge on any atom is 0.261 e. The van der Waals surface area contributed by atoms with Crippen molar-refractivity contribution >= 4 is 47.8 Å². The summed E-state index contributed by atoms with van der Waals surface area (Å²) < 4.78 is 33.8. The predicted octanol–water partition coefficient (Wildman–Crippen LogP) is 9.74. The lowest BCUT2D eigenvalue weighted by Gasteiger charge is -2.38. The summed E-state index contributed by atoms with van der Waals surface area (Å²) in [4.78, 5) is 46.7. The Labute approximate surface area is 387 Å². The van der Waals surface area contributed by atoms with Gasteiger partial charge in [0.2, 0.25) is 12.5 Å². The van der Waals surface area contributed by atoms with E-state index >= 15 is 0 Å². The van der Waals surface area contributed by atoms with Crippen LogP contribution in [0.5, 0.6) is 11.5 Å². The zero-order valence-corrected chi connectivity index (χ0v) is 40.0. The minimum atomic E-state index is -1.54. The number of hydrogen-bond acceptors (Lipinski definition) is 11. The van der Waals surface area contributed by atoms with Crippen LogP contribution in [0.4, 0.5) is 0 Å². The molecule has 6 rings (SSSR count). The van der Waals surface area contributed by atoms with E-state index in [4.69, 9.17) is 29.8 Å². The van der Waals surface area contributed by atoms with Crippen LogP contribution in [0, 0.1) is 6.57 Å². The molecule has 2 aliphatic rings. The number of likely N-dealkylation sites (tertiary alicyclic amines) is 1. The van der Waals surface area contributed by atoms with Crippen LogP contribution < -0.4 is 9.47 Å². The minimum Gasteiger partial charge on any atom is -0.497 e. The number of imide groups is 1. The molecule has 1 saturated heterocycles. The summed E-state index contributed by atoms with van der Waals surface area (Å²) in [6.07, 6.45) is 1.17. The highest BCUT2D eigenvalue weighted by atomic mass is 33.1. The van der Waals surface area contributed by atoms with Crippen LogP contribution in [0.15, 0.2) is 103 Å². The highest BCUT2D eigenvalue weighted by Gasteiger charge is 2.43. The number of hydrogen-bond donors (Lipinski definition) is 0. The molecule has 0 radical (unpaired) electrons. The van der Waals surface area contributed by atoms with Gasteiger partial charge in [0.05, 0.1) is 44.1 Å². The van der Waals surface area contributed by atoms with Gasteiger partial charge in [-0.1, -0.05) is 88.3 Å². The van der Waals surface area contributed by atoms with Crippen molar-refractivity contribution in [3.05, 3.63) is 142 Å². The van der Waals surface area contributed by atoms with E-state index in [2.05, 4.69) is 49.3 Å². The number of nitrogens with zero attached hydrogens (tertiary/aromatic N) is 4. The Morgan fingerprint density at radius 3 is 1.91 bits per heavy atom. The van der Waals surface area contributed by atoms with E-state index in [9.17, 15) is 14.4 Å². The Kier molecular flexibility index (Phi) is 18.1. The molecule has 0 aromatic heterocycles. The molecule has 0 spiro atoms. The second-order valence-corrected chi connectivity index (χ2v) is 20.2. The second kappa shape index (κ2) is 23.7. The van der Waals surface area contributed by atoms with Gasteiger partial charge in [0.1, 0.15) is 23.7 Å². The van der Waals surface area contributed by atoms with Gasteiger partial charge in [0, 0.05) is 43.1 Å². The van der Waals surface area contributed by atoms with Crippen LogP contribution in [0.3, 0.4) is 0 Å². The Bertz CT molecular complexity index is 2100. The average Bonchev–Trinajstić information content (AvgIpc) is 3.82. The molecule has 3 amide bonds. The number of carbonyl (C=O) groups excluding carboxylic acids is 3. The van der Waals surface area contributed by atoms with Gasteiger partial charge in [-0.2, -0.15) is 0 Å². The number of ether oxygens (including phenoxy) is 3. The van der Waals surface area contributed by atoms with Gasteiger partial charge in [0.15, 0.2) is 0 Å². The van der Waals surface area contributed by atoms with Gasteiger partial charge in [-0.15, -0.1) is 0 Å². The first kappa shape index (κ1) is 49.0. The Balaban J connectivity index is 1.21. The van der Waals surface area contributed by atoms with Crippen LogP contribution in [0.25, 0.3) is 4.85 Å². The third-order valence-electron chi connectivity index (χ3n) is 11.2. The summed E-state index contributed by atoms with van der Waals surface area (Å²) in [6, 6.07) is 32.8. The van der Waals surface area contributed by atoms with Gasteiger partial charge >= 0.3 is 0 Å². The summed E-state index contributed by atoms with van der Waals surface area (Å²) in [5.74, 6) is 2.26. The van der Waals surface area contributed by atoms with E-state index in [0.29, 0.717) is 49.2 Å². The normalized spacial score (nSPS) is 16.8. The third-order valence-corrected chi connectivity index (χ3v) is 15.9. The van der Waals surface area contributed by atoms with Crippen LogP contribution in [-0.4, -0.2) is 115 Å². The van der Waals surface area contributed by atoms with Crippen LogP contribution in [-0.2, 0) is 24.2 Å². The lowest BCUT2D eigenvalue weighted by molar-refractivity contribution is -0.134. The lowest BCUT2D eigenvalue weighted by Crippen LogP contribution is -2.42. The Morgan fingerprint density at radius 2 is 1.36 bits per heavy atom. The van der Waals surface area contributed by atoms with Crippen molar-refractivity contribution in [1.29, 1.82) is 0 Å². The minimum absolute atomic E-state index is 0.0124. The number of fused-ring (bicyclic) bond motifs is 1. The fourth-order valence-electron chi connectivity index (χ4n) is 8.24. The molecule has 2 heterocycles. The largest absolute Gasteiger partial charge is 0.497 e. The summed E-state index contributed by atoms with van der Waals surface area (Å²) in [5, 5.41) is 0. The molecule has 0 bridgehead atoms. The molecule has 4 aromatic rings. The van der Waals surface area contributed by atoms with E-state index in [-0.39, 0.29) is 61.7 Å². The molecular weight excluding hydrogens is 868 g/mol. The van der Waals surface area contributed by atoms with E-state index < -0.39 is 14.1 Å². The molecule has 1 unspecified atom stereocenters. The Hall–Kier alpha value is -4.45. The molecule has 12 nitrogen and oxygen atoms in total. The van der Waals surface area contributed by atoms with E-state index in [1.807, 2.05) is 71.6 Å². The van der Waals surface area contributed by atoms with Gasteiger partial charge < -0.3 is 33.0 Å². The standard InChI is InChI=1S/C49H59N4O8PS2/c1-35(2)53(36(3)4)62(60-29-27-50-5)61-43-32-40(52(33-43)46(54)18-13-30-63-64-31-28-51-47(55)44-16-11-12-17-45(44)48(51)56)34-59-49(37-14-9-8-10-15-37,38-19-23-41(57-6)24-20-38)39-21-25-42(58-7)26-22-39/h8-12,14-17,19-26,35-36,40,43H,13,18,27-34H2,1-4,6-7H3/t40-,43+,62?/m0/s1. The van der Waals surface area contributed by atoms with Crippen LogP contribution >= 0.6 is 30.1 Å². The quantitative estimate of drug-likeness (QED) is 0.0167. The topological polar surface area (TPSA) is 111 Å². The molecule has 2 aliphatic heterocycles. The van der Waals surface area contributed by atoms with E-state index in [1.54, 1.807) is 60.1 Å². The van der Waals surface area contributed by atoms with Crippen LogP contribution in [0.2, 0.25) is 0 Å². The molecule has 3 atom stereocenters. The smallest absolute Gasteiger partial charge is 0.261 e. The monoisotopic (exact) mass is 926 g/mol. The number of rotatable bonds is 24. The SMILES string of the molecule is [C-]#[N+]CCOP(O[C@@H]1C[C@@H](COC(c2ccccc2)(c2ccc(OC)cc2)c2ccc(OC)cc2)N(C(=O)CCCSSCCN2C(=O)c3ccccc3C2=O)C1)N(C(C)C)C(C)C. The zero-order valence-electron chi connectivity index (χ0n) is 37.5. The fourth-order valence-corrected chi connectivity index (χ4v) is 12.0. The fraction of sp³-hybridized carbons (Fsp3) is 0.429. The van der Waals surface area contributed by atoms with Crippen molar-refractivity contribution in [2.24, 2.45) is 0 Å². The molecule has 0 saturated carbocycles. The molecule has 0 aliphatic carbocycles. The number of amides is 3. The molecule has 4 aromatic carbocycles. The molecule has 340 valence electrons. The van der Waals surface area contributed by atoms with Crippen molar-refractivity contribution < 1.29 is 37.6 Å². The predicted molar refractivity (Wildman–Crippen MR) is 256 cm³/mol. The maximum atomic E-state index is 14.4. The molecular formula is C49H59N4O8PS2. The average molecular weight is 927 g/mol. The molecule has 64 heavy (non-hydrogen) atoms. The van der Waals surface area contributed by atoms with Crippen molar-refractivity contribution in [3.63, 3.8) is 0 Å².